The molecule has 10 saturated carbocycles. The first-order chi connectivity index (χ1) is 40.3. The Labute approximate surface area is 513 Å². The number of carbonyl (C=O) groups excluding carboxylic acids is 6. The van der Waals surface area contributed by atoms with Crippen LogP contribution in [0.1, 0.15) is 242 Å². The van der Waals surface area contributed by atoms with Crippen LogP contribution in [0.4, 0.5) is 0 Å². The second-order valence-corrected chi connectivity index (χ2v) is 33.0. The molecule has 0 aromatic heterocycles. The third-order valence-corrected chi connectivity index (χ3v) is 29.8. The smallest absolute Gasteiger partial charge is 0.305 e. The van der Waals surface area contributed by atoms with Crippen LogP contribution in [0.15, 0.2) is 24.3 Å². The summed E-state index contributed by atoms with van der Waals surface area (Å²) >= 11 is 0. The molecule has 0 radical (unpaired) electrons. The standard InChI is InChI=1S/C25H40O4.2C25H38O3/c1-15(5-8-22(28)29-4)18-6-7-19-23-20(10-12-25(18,19)3)24(2)11-9-17(26)13-16(24)14-21(23)27;2*1-16(8-11-22(27)28-4)18-9-10-19-23-20(12-14-25(18,19)3)24(2)13-6-5-7-17(24)15-21(23)26/h15-20,23,26H,5-14H2,1-4H3;5,7,16-20,23H,6,8-15H2,1-4H3;5-6,16-20,23H,7-15H2,1-4H3/t15-,16+,17-,18-,19?,20?,23?,24+,25-;2*16-,17+,18-,19?,20?,23?,24+,25-/m111/s1. The Bertz CT molecular complexity index is 2470. The number of hydrogen-bond acceptors (Lipinski definition) is 10. The normalized spacial score (nSPS) is 46.4. The molecule has 0 heterocycles. The van der Waals surface area contributed by atoms with Crippen LogP contribution in [0, 0.1) is 139 Å². The number of hydrogen-bond donors (Lipinski definition) is 1. The quantitative estimate of drug-likeness (QED) is 0.114. The molecule has 12 aliphatic rings. The van der Waals surface area contributed by atoms with Crippen molar-refractivity contribution in [3.8, 4) is 0 Å². The average molecular weight is 1180 g/mol. The molecule has 85 heavy (non-hydrogen) atoms. The number of rotatable bonds is 12. The third kappa shape index (κ3) is 11.5. The number of ether oxygens (including phenoxy) is 3. The van der Waals surface area contributed by atoms with Gasteiger partial charge < -0.3 is 19.3 Å². The van der Waals surface area contributed by atoms with Crippen LogP contribution in [-0.2, 0) is 43.0 Å². The van der Waals surface area contributed by atoms with Crippen LogP contribution in [0.25, 0.3) is 0 Å². The summed E-state index contributed by atoms with van der Waals surface area (Å²) in [5.74, 6) is 10.2. The van der Waals surface area contributed by atoms with Gasteiger partial charge in [0.25, 0.3) is 0 Å². The summed E-state index contributed by atoms with van der Waals surface area (Å²) in [5, 5.41) is 10.2. The number of Topliss-reactive ketones (excluding diaryl/α,β-unsaturated/α-hetero) is 3. The summed E-state index contributed by atoms with van der Waals surface area (Å²) in [5.41, 5.74) is 1.63. The summed E-state index contributed by atoms with van der Waals surface area (Å²) < 4.78 is 14.6. The molecule has 0 aromatic carbocycles. The van der Waals surface area contributed by atoms with E-state index in [1.54, 1.807) is 0 Å². The molecular formula is C75H116O10. The number of methoxy groups -OCH3 is 3. The number of fused-ring (bicyclic) bond motifs is 15. The van der Waals surface area contributed by atoms with Crippen molar-refractivity contribution >= 4 is 35.3 Å². The van der Waals surface area contributed by atoms with Gasteiger partial charge in [0.2, 0.25) is 0 Å². The molecule has 0 spiro atoms. The van der Waals surface area contributed by atoms with E-state index in [1.807, 2.05) is 0 Å². The molecule has 9 unspecified atom stereocenters. The van der Waals surface area contributed by atoms with Crippen LogP contribution >= 0.6 is 0 Å². The van der Waals surface area contributed by atoms with Crippen LogP contribution in [0.5, 0.6) is 0 Å². The lowest BCUT2D eigenvalue weighted by Gasteiger charge is -2.60. The zero-order valence-corrected chi connectivity index (χ0v) is 55.2. The van der Waals surface area contributed by atoms with E-state index >= 15 is 0 Å². The van der Waals surface area contributed by atoms with Gasteiger partial charge in [-0.05, 0) is 263 Å². The first-order valence-electron chi connectivity index (χ1n) is 35.1. The van der Waals surface area contributed by atoms with E-state index in [-0.39, 0.29) is 63.4 Å². The zero-order chi connectivity index (χ0) is 61.2. The van der Waals surface area contributed by atoms with Crippen molar-refractivity contribution in [2.45, 2.75) is 248 Å². The number of esters is 3. The fourth-order valence-corrected chi connectivity index (χ4v) is 24.8. The maximum absolute atomic E-state index is 13.4. The van der Waals surface area contributed by atoms with Crippen molar-refractivity contribution in [2.75, 3.05) is 21.3 Å². The minimum Gasteiger partial charge on any atom is -0.469 e. The highest BCUT2D eigenvalue weighted by Gasteiger charge is 2.66. The fourth-order valence-electron chi connectivity index (χ4n) is 24.8. The van der Waals surface area contributed by atoms with Gasteiger partial charge in [0.15, 0.2) is 0 Å². The predicted octanol–water partition coefficient (Wildman–Crippen LogP) is 15.9. The lowest BCUT2D eigenvalue weighted by Crippen LogP contribution is -2.57. The van der Waals surface area contributed by atoms with Crippen molar-refractivity contribution in [2.24, 2.45) is 139 Å². The predicted molar refractivity (Wildman–Crippen MR) is 333 cm³/mol. The fraction of sp³-hybridized carbons (Fsp3) is 0.867. The van der Waals surface area contributed by atoms with Crippen molar-refractivity contribution < 1.29 is 48.1 Å². The second kappa shape index (κ2) is 25.3. The molecule has 0 aromatic rings. The number of allylic oxidation sites excluding steroid dienone is 4. The molecule has 0 bridgehead atoms. The van der Waals surface area contributed by atoms with E-state index in [2.05, 4.69) is 86.6 Å². The summed E-state index contributed by atoms with van der Waals surface area (Å²) in [6, 6.07) is 0. The number of carbonyl (C=O) groups is 6. The van der Waals surface area contributed by atoms with E-state index in [0.29, 0.717) is 143 Å². The molecule has 0 amide bonds. The second-order valence-electron chi connectivity index (χ2n) is 33.0. The Kier molecular flexibility index (Phi) is 19.3. The number of aliphatic hydroxyl groups excluding tert-OH is 1. The average Bonchev–Trinajstić information content (AvgIpc) is 1.76. The van der Waals surface area contributed by atoms with E-state index in [1.165, 1.54) is 105 Å². The van der Waals surface area contributed by atoms with Gasteiger partial charge in [-0.2, -0.15) is 0 Å². The maximum atomic E-state index is 13.4. The van der Waals surface area contributed by atoms with Crippen LogP contribution in [0.2, 0.25) is 0 Å². The van der Waals surface area contributed by atoms with Crippen molar-refractivity contribution in [1.82, 2.24) is 0 Å². The van der Waals surface area contributed by atoms with E-state index in [4.69, 9.17) is 14.2 Å². The topological polar surface area (TPSA) is 150 Å². The summed E-state index contributed by atoms with van der Waals surface area (Å²) in [7, 11) is 4.42. The van der Waals surface area contributed by atoms with Gasteiger partial charge in [-0.3, -0.25) is 28.8 Å². The molecule has 25 atom stereocenters. The van der Waals surface area contributed by atoms with Gasteiger partial charge in [-0.25, -0.2) is 0 Å². The van der Waals surface area contributed by atoms with Crippen LogP contribution < -0.4 is 0 Å². The molecule has 12 aliphatic carbocycles. The molecule has 10 nitrogen and oxygen atoms in total. The van der Waals surface area contributed by atoms with Gasteiger partial charge in [-0.1, -0.05) is 86.6 Å². The summed E-state index contributed by atoms with van der Waals surface area (Å²) in [4.78, 5) is 75.0. The van der Waals surface area contributed by atoms with Crippen LogP contribution in [-0.4, -0.2) is 67.8 Å². The Hall–Kier alpha value is -3.14. The molecule has 10 heteroatoms. The lowest BCUT2D eigenvalue weighted by atomic mass is 9.44. The minimum atomic E-state index is -0.210. The van der Waals surface area contributed by atoms with Crippen molar-refractivity contribution in [3.63, 3.8) is 0 Å². The van der Waals surface area contributed by atoms with Crippen LogP contribution in [0.3, 0.4) is 0 Å². The Morgan fingerprint density at radius 2 is 0.859 bits per heavy atom. The monoisotopic (exact) mass is 1180 g/mol. The summed E-state index contributed by atoms with van der Waals surface area (Å²) in [6.45, 7) is 21.7. The first-order valence-corrected chi connectivity index (χ1v) is 35.1. The largest absolute Gasteiger partial charge is 0.469 e. The first kappa shape index (κ1) is 64.8. The van der Waals surface area contributed by atoms with Gasteiger partial charge in [-0.15, -0.1) is 0 Å². The molecular weight excluding hydrogens is 1060 g/mol. The van der Waals surface area contributed by atoms with Gasteiger partial charge in [0.1, 0.15) is 17.3 Å². The van der Waals surface area contributed by atoms with E-state index in [0.717, 1.165) is 70.6 Å². The number of aliphatic hydroxyl groups is 1. The zero-order valence-electron chi connectivity index (χ0n) is 55.2. The molecule has 12 rings (SSSR count). The highest BCUT2D eigenvalue weighted by molar-refractivity contribution is 5.85. The molecule has 10 fully saturated rings. The van der Waals surface area contributed by atoms with E-state index < -0.39 is 0 Å². The molecule has 0 saturated heterocycles. The Balaban J connectivity index is 0.000000142. The highest BCUT2D eigenvalue weighted by atomic mass is 16.5. The molecule has 0 aliphatic heterocycles. The number of ketones is 3. The Morgan fingerprint density at radius 3 is 1.31 bits per heavy atom. The summed E-state index contributed by atoms with van der Waals surface area (Å²) in [6.07, 6.45) is 37.7. The minimum absolute atomic E-state index is 0.0953. The van der Waals surface area contributed by atoms with E-state index in [9.17, 15) is 33.9 Å². The third-order valence-electron chi connectivity index (χ3n) is 29.8. The lowest BCUT2D eigenvalue weighted by molar-refractivity contribution is -0.161. The highest BCUT2D eigenvalue weighted by Crippen LogP contribution is 2.71. The Morgan fingerprint density at radius 1 is 0.471 bits per heavy atom. The molecule has 476 valence electrons. The molecule has 1 N–H and O–H groups in total. The van der Waals surface area contributed by atoms with Gasteiger partial charge in [0, 0.05) is 56.3 Å². The SMILES string of the molecule is COC(=O)CC[C@@H](C)[C@H]1CCC2C3C(=O)C[C@@H]4C=CCC[C@]4(C)C3CC[C@@]21C.COC(=O)CC[C@@H](C)[C@H]1CCC2C3C(=O)C[C@@H]4CC=CC[C@]4(C)C3CC[C@@]21C.COC(=O)CC[C@@H](C)[C@H]1CCC2C3C(=O)C[C@@H]4C[C@H](O)CC[C@]4(C)C3CC[C@@]21C. The van der Waals surface area contributed by atoms with Crippen molar-refractivity contribution in [1.29, 1.82) is 0 Å². The maximum Gasteiger partial charge on any atom is 0.305 e. The van der Waals surface area contributed by atoms with Gasteiger partial charge in [0.05, 0.1) is 27.4 Å². The van der Waals surface area contributed by atoms with Crippen molar-refractivity contribution in [3.05, 3.63) is 24.3 Å². The van der Waals surface area contributed by atoms with Gasteiger partial charge >= 0.3 is 17.9 Å².